The molecule has 168 valence electrons. The lowest BCUT2D eigenvalue weighted by Crippen LogP contribution is -2.17. The first-order valence-electron chi connectivity index (χ1n) is 9.72. The van der Waals surface area contributed by atoms with Gasteiger partial charge in [-0.1, -0.05) is 6.92 Å². The number of rotatable bonds is 6. The van der Waals surface area contributed by atoms with Crippen LogP contribution in [0.5, 0.6) is 5.88 Å². The number of amides is 1. The van der Waals surface area contributed by atoms with E-state index in [1.54, 1.807) is 13.0 Å². The Morgan fingerprint density at radius 1 is 1.03 bits per heavy atom. The van der Waals surface area contributed by atoms with Crippen molar-refractivity contribution in [3.05, 3.63) is 76.7 Å². The molecule has 0 atom stereocenters. The summed E-state index contributed by atoms with van der Waals surface area (Å²) in [5.41, 5.74) is 0.836. The van der Waals surface area contributed by atoms with Crippen molar-refractivity contribution in [1.82, 2.24) is 4.98 Å². The summed E-state index contributed by atoms with van der Waals surface area (Å²) in [5.74, 6) is -0.848. The van der Waals surface area contributed by atoms with E-state index >= 15 is 0 Å². The van der Waals surface area contributed by atoms with Crippen LogP contribution in [-0.2, 0) is 12.6 Å². The SMILES string of the molecule is CCc1cc(F)ccc1Nc1ccc(C(F)(F)F)cc1C(=O)Nc1ccc(OC)nc1C. The van der Waals surface area contributed by atoms with E-state index in [1.165, 1.54) is 37.4 Å². The molecule has 0 aliphatic rings. The Hall–Kier alpha value is -3.62. The molecular formula is C23H21F4N3O2. The minimum Gasteiger partial charge on any atom is -0.481 e. The molecule has 2 aromatic carbocycles. The molecule has 1 aromatic heterocycles. The molecule has 2 N–H and O–H groups in total. The van der Waals surface area contributed by atoms with E-state index in [0.29, 0.717) is 34.9 Å². The van der Waals surface area contributed by atoms with Gasteiger partial charge in [0, 0.05) is 11.8 Å². The van der Waals surface area contributed by atoms with E-state index in [-0.39, 0.29) is 11.3 Å². The second kappa shape index (κ2) is 9.25. The third-order valence-corrected chi connectivity index (χ3v) is 4.83. The third kappa shape index (κ3) is 5.16. The number of carbonyl (C=O) groups excluding carboxylic acids is 1. The molecule has 1 heterocycles. The molecule has 32 heavy (non-hydrogen) atoms. The van der Waals surface area contributed by atoms with Gasteiger partial charge in [-0.05, 0) is 61.4 Å². The number of nitrogens with zero attached hydrogens (tertiary/aromatic N) is 1. The number of methoxy groups -OCH3 is 1. The number of alkyl halides is 3. The highest BCUT2D eigenvalue weighted by Crippen LogP contribution is 2.34. The highest BCUT2D eigenvalue weighted by Gasteiger charge is 2.32. The Bertz CT molecular complexity index is 1150. The zero-order valence-electron chi connectivity index (χ0n) is 17.6. The Kier molecular flexibility index (Phi) is 6.67. The van der Waals surface area contributed by atoms with Crippen LogP contribution in [0.3, 0.4) is 0 Å². The van der Waals surface area contributed by atoms with E-state index in [4.69, 9.17) is 4.74 Å². The maximum absolute atomic E-state index is 13.6. The van der Waals surface area contributed by atoms with Crippen LogP contribution < -0.4 is 15.4 Å². The number of pyridine rings is 1. The summed E-state index contributed by atoms with van der Waals surface area (Å²) in [5, 5.41) is 5.56. The Morgan fingerprint density at radius 2 is 1.72 bits per heavy atom. The van der Waals surface area contributed by atoms with Crippen LogP contribution in [0.15, 0.2) is 48.5 Å². The van der Waals surface area contributed by atoms with Crippen LogP contribution in [-0.4, -0.2) is 18.0 Å². The number of halogens is 4. The summed E-state index contributed by atoms with van der Waals surface area (Å²) in [7, 11) is 1.45. The van der Waals surface area contributed by atoms with Crippen LogP contribution in [0.25, 0.3) is 0 Å². The molecule has 1 amide bonds. The van der Waals surface area contributed by atoms with E-state index < -0.39 is 23.5 Å². The number of hydrogen-bond acceptors (Lipinski definition) is 4. The van der Waals surface area contributed by atoms with Crippen molar-refractivity contribution in [2.24, 2.45) is 0 Å². The standard InChI is InChI=1S/C23H21F4N3O2/c1-4-14-11-16(24)6-8-19(14)29-20-7-5-15(23(25,26)27)12-17(20)22(31)30-18-9-10-21(32-3)28-13(18)2/h5-12,29H,4H2,1-3H3,(H,30,31). The molecule has 9 heteroatoms. The minimum absolute atomic E-state index is 0.149. The number of aromatic nitrogens is 1. The van der Waals surface area contributed by atoms with Crippen molar-refractivity contribution in [2.75, 3.05) is 17.7 Å². The number of ether oxygens (including phenoxy) is 1. The predicted octanol–water partition coefficient (Wildman–Crippen LogP) is 6.11. The Labute approximate surface area is 182 Å². The maximum Gasteiger partial charge on any atom is 0.416 e. The van der Waals surface area contributed by atoms with Crippen LogP contribution in [0.4, 0.5) is 34.6 Å². The van der Waals surface area contributed by atoms with Gasteiger partial charge in [0.25, 0.3) is 5.91 Å². The van der Waals surface area contributed by atoms with Gasteiger partial charge in [-0.25, -0.2) is 9.37 Å². The Morgan fingerprint density at radius 3 is 2.34 bits per heavy atom. The van der Waals surface area contributed by atoms with Crippen molar-refractivity contribution in [2.45, 2.75) is 26.4 Å². The van der Waals surface area contributed by atoms with Crippen molar-refractivity contribution < 1.29 is 27.1 Å². The van der Waals surface area contributed by atoms with E-state index in [0.717, 1.165) is 12.1 Å². The van der Waals surface area contributed by atoms with Gasteiger partial charge in [0.15, 0.2) is 0 Å². The summed E-state index contributed by atoms with van der Waals surface area (Å²) in [4.78, 5) is 17.1. The Balaban J connectivity index is 2.01. The molecule has 0 saturated carbocycles. The minimum atomic E-state index is -4.63. The highest BCUT2D eigenvalue weighted by atomic mass is 19.4. The topological polar surface area (TPSA) is 63.2 Å². The first-order chi connectivity index (χ1) is 15.1. The van der Waals surface area contributed by atoms with Gasteiger partial charge < -0.3 is 15.4 Å². The largest absolute Gasteiger partial charge is 0.481 e. The van der Waals surface area contributed by atoms with Gasteiger partial charge in [-0.3, -0.25) is 4.79 Å². The highest BCUT2D eigenvalue weighted by molar-refractivity contribution is 6.08. The van der Waals surface area contributed by atoms with Crippen molar-refractivity contribution in [3.8, 4) is 5.88 Å². The zero-order chi connectivity index (χ0) is 23.5. The zero-order valence-corrected chi connectivity index (χ0v) is 17.6. The van der Waals surface area contributed by atoms with Crippen LogP contribution in [0.1, 0.15) is 34.1 Å². The molecule has 0 fully saturated rings. The van der Waals surface area contributed by atoms with E-state index in [2.05, 4.69) is 15.6 Å². The second-order valence-electron chi connectivity index (χ2n) is 6.98. The molecule has 5 nitrogen and oxygen atoms in total. The lowest BCUT2D eigenvalue weighted by Gasteiger charge is -2.17. The number of aryl methyl sites for hydroxylation is 2. The molecule has 0 spiro atoms. The number of anilines is 3. The normalized spacial score (nSPS) is 11.2. The average molecular weight is 447 g/mol. The van der Waals surface area contributed by atoms with Crippen LogP contribution >= 0.6 is 0 Å². The maximum atomic E-state index is 13.6. The molecule has 0 aliphatic heterocycles. The summed E-state index contributed by atoms with van der Waals surface area (Å²) >= 11 is 0. The molecule has 0 unspecified atom stereocenters. The second-order valence-corrected chi connectivity index (χ2v) is 6.98. The molecule has 3 rings (SSSR count). The number of carbonyl (C=O) groups is 1. The molecule has 0 bridgehead atoms. The molecule has 0 radical (unpaired) electrons. The molecule has 0 aliphatic carbocycles. The average Bonchev–Trinajstić information content (AvgIpc) is 2.75. The molecule has 0 saturated heterocycles. The lowest BCUT2D eigenvalue weighted by atomic mass is 10.1. The van der Waals surface area contributed by atoms with Gasteiger partial charge in [0.1, 0.15) is 5.82 Å². The van der Waals surface area contributed by atoms with Crippen molar-refractivity contribution in [1.29, 1.82) is 0 Å². The van der Waals surface area contributed by atoms with Gasteiger partial charge in [0.2, 0.25) is 5.88 Å². The van der Waals surface area contributed by atoms with Gasteiger partial charge in [0.05, 0.1) is 35.3 Å². The van der Waals surface area contributed by atoms with E-state index in [1.807, 2.05) is 6.92 Å². The number of hydrogen-bond donors (Lipinski definition) is 2. The summed E-state index contributed by atoms with van der Waals surface area (Å²) in [6, 6.07) is 9.96. The quantitative estimate of drug-likeness (QED) is 0.447. The van der Waals surface area contributed by atoms with Gasteiger partial charge >= 0.3 is 6.18 Å². The van der Waals surface area contributed by atoms with Crippen molar-refractivity contribution >= 4 is 23.0 Å². The third-order valence-electron chi connectivity index (χ3n) is 4.83. The molecular weight excluding hydrogens is 426 g/mol. The van der Waals surface area contributed by atoms with Gasteiger partial charge in [-0.15, -0.1) is 0 Å². The van der Waals surface area contributed by atoms with Gasteiger partial charge in [-0.2, -0.15) is 13.2 Å². The first-order valence-corrected chi connectivity index (χ1v) is 9.72. The van der Waals surface area contributed by atoms with Crippen LogP contribution in [0.2, 0.25) is 0 Å². The van der Waals surface area contributed by atoms with E-state index in [9.17, 15) is 22.4 Å². The fraction of sp³-hybridized carbons (Fsp3) is 0.217. The summed E-state index contributed by atoms with van der Waals surface area (Å²) < 4.78 is 58.5. The molecule has 3 aromatic rings. The monoisotopic (exact) mass is 447 g/mol. The summed E-state index contributed by atoms with van der Waals surface area (Å²) in [6.45, 7) is 3.45. The van der Waals surface area contributed by atoms with Crippen LogP contribution in [0, 0.1) is 12.7 Å². The number of benzene rings is 2. The van der Waals surface area contributed by atoms with Crippen molar-refractivity contribution in [3.63, 3.8) is 0 Å². The fourth-order valence-electron chi connectivity index (χ4n) is 3.11. The predicted molar refractivity (Wildman–Crippen MR) is 114 cm³/mol. The fourth-order valence-corrected chi connectivity index (χ4v) is 3.11. The number of nitrogens with one attached hydrogen (secondary N) is 2. The lowest BCUT2D eigenvalue weighted by molar-refractivity contribution is -0.137. The smallest absolute Gasteiger partial charge is 0.416 e. The first kappa shape index (κ1) is 23.1. The summed E-state index contributed by atoms with van der Waals surface area (Å²) in [6.07, 6.45) is -4.14.